The molecule has 0 saturated carbocycles. The molecule has 0 amide bonds. The number of likely N-dealkylation sites (N-methyl/N-ethyl adjacent to an activating group) is 1. The number of thiophene rings is 1. The Morgan fingerprint density at radius 3 is 2.46 bits per heavy atom. The quantitative estimate of drug-likeness (QED) is 0.126. The zero-order chi connectivity index (χ0) is 46.6. The van der Waals surface area contributed by atoms with E-state index in [1.807, 2.05) is 43.3 Å². The van der Waals surface area contributed by atoms with Crippen LogP contribution in [0.3, 0.4) is 0 Å². The Hall–Kier alpha value is -6.72. The van der Waals surface area contributed by atoms with E-state index in [0.717, 1.165) is 42.2 Å². The summed E-state index contributed by atoms with van der Waals surface area (Å²) in [6.07, 6.45) is 1.34. The van der Waals surface area contributed by atoms with E-state index in [4.69, 9.17) is 40.6 Å². The summed E-state index contributed by atoms with van der Waals surface area (Å²) in [6, 6.07) is 24.3. The average molecular weight is 945 g/mol. The smallest absolute Gasteiger partial charge is 0.345 e. The standard InChI is InChI=1S/C50H46ClFN6O8S/c1-29-38-13-15-40(45(29)51)65-37(25-58-21-19-57(2)20-22-58)27-63-36-12-14-39(64-26-35-17-18-53-47(56-35)32-6-3-30(4-7-32)5-16-42(59)60)33(23-36)24-41(50(61)62)66-48-44-43(38)46(67-49(44)55-28-54-48)31-8-10-34(52)11-9-31/h3-4,6-15,17-18,23,28,37,41H,5,16,19-22,24-27H2,1-2H3,(H,59,60)(H,61,62)/t37-,41-/m1/s1. The Morgan fingerprint density at radius 2 is 1.70 bits per heavy atom. The van der Waals surface area contributed by atoms with Gasteiger partial charge in [0.2, 0.25) is 12.0 Å². The lowest BCUT2D eigenvalue weighted by Gasteiger charge is -2.34. The minimum Gasteiger partial charge on any atom is -0.490 e. The number of aliphatic carboxylic acids is 2. The second-order valence-corrected chi connectivity index (χ2v) is 17.9. The molecule has 1 fully saturated rings. The molecule has 0 spiro atoms. The lowest BCUT2D eigenvalue weighted by Crippen LogP contribution is -2.49. The van der Waals surface area contributed by atoms with Crippen LogP contribution in [0.1, 0.15) is 28.8 Å². The molecule has 7 aromatic rings. The molecular weight excluding hydrogens is 899 g/mol. The number of carboxylic acids is 2. The molecule has 344 valence electrons. The van der Waals surface area contributed by atoms with Crippen molar-refractivity contribution >= 4 is 45.1 Å². The van der Waals surface area contributed by atoms with Crippen LogP contribution in [-0.2, 0) is 29.0 Å². The molecule has 2 N–H and O–H groups in total. The number of carboxylic acid groups (broad SMARTS) is 2. The number of fused-ring (bicyclic) bond motifs is 7. The van der Waals surface area contributed by atoms with E-state index in [9.17, 15) is 19.1 Å². The van der Waals surface area contributed by atoms with Crippen molar-refractivity contribution in [3.05, 3.63) is 131 Å². The topological polar surface area (TPSA) is 170 Å². The summed E-state index contributed by atoms with van der Waals surface area (Å²) in [7, 11) is 2.10. The van der Waals surface area contributed by atoms with Gasteiger partial charge >= 0.3 is 11.9 Å². The summed E-state index contributed by atoms with van der Waals surface area (Å²) >= 11 is 8.58. The molecule has 67 heavy (non-hydrogen) atoms. The van der Waals surface area contributed by atoms with Crippen LogP contribution < -0.4 is 18.9 Å². The number of aromatic nitrogens is 4. The first-order valence-electron chi connectivity index (χ1n) is 21.8. The molecule has 6 heterocycles. The third kappa shape index (κ3) is 10.5. The highest BCUT2D eigenvalue weighted by Gasteiger charge is 2.30. The van der Waals surface area contributed by atoms with E-state index < -0.39 is 24.1 Å². The van der Waals surface area contributed by atoms with Crippen LogP contribution in [0.5, 0.6) is 23.1 Å². The van der Waals surface area contributed by atoms with Gasteiger partial charge in [-0.3, -0.25) is 9.69 Å². The van der Waals surface area contributed by atoms with Crippen molar-refractivity contribution in [1.82, 2.24) is 29.7 Å². The molecular formula is C50H46ClFN6O8S. The van der Waals surface area contributed by atoms with Gasteiger partial charge in [-0.25, -0.2) is 29.1 Å². The molecule has 4 aromatic carbocycles. The Labute approximate surface area is 394 Å². The molecule has 0 radical (unpaired) electrons. The van der Waals surface area contributed by atoms with Gasteiger partial charge in [0, 0.05) is 73.3 Å². The largest absolute Gasteiger partial charge is 0.490 e. The van der Waals surface area contributed by atoms with Crippen LogP contribution in [0, 0.1) is 12.7 Å². The number of hydrogen-bond acceptors (Lipinski definition) is 13. The van der Waals surface area contributed by atoms with E-state index in [-0.39, 0.29) is 37.8 Å². The normalized spacial score (nSPS) is 16.7. The summed E-state index contributed by atoms with van der Waals surface area (Å²) in [5.41, 5.74) is 5.48. The van der Waals surface area contributed by atoms with Crippen molar-refractivity contribution in [2.45, 2.75) is 45.0 Å². The number of ether oxygens (including phenoxy) is 4. The summed E-state index contributed by atoms with van der Waals surface area (Å²) < 4.78 is 40.4. The number of piperazine rings is 1. The van der Waals surface area contributed by atoms with Crippen molar-refractivity contribution < 1.29 is 43.1 Å². The first kappa shape index (κ1) is 45.4. The van der Waals surface area contributed by atoms with Crippen LogP contribution >= 0.6 is 22.9 Å². The number of rotatable bonds is 11. The van der Waals surface area contributed by atoms with Gasteiger partial charge in [-0.15, -0.1) is 11.3 Å². The van der Waals surface area contributed by atoms with Gasteiger partial charge in [-0.2, -0.15) is 0 Å². The van der Waals surface area contributed by atoms with Crippen LogP contribution in [0.2, 0.25) is 5.02 Å². The average Bonchev–Trinajstić information content (AvgIpc) is 3.72. The second-order valence-electron chi connectivity index (χ2n) is 16.5. The molecule has 17 heteroatoms. The van der Waals surface area contributed by atoms with Gasteiger partial charge in [0.05, 0.1) is 16.1 Å². The van der Waals surface area contributed by atoms with E-state index >= 15 is 0 Å². The minimum atomic E-state index is -1.46. The number of aryl methyl sites for hydroxylation is 1. The number of halogens is 2. The highest BCUT2D eigenvalue weighted by molar-refractivity contribution is 7.22. The van der Waals surface area contributed by atoms with E-state index in [0.29, 0.717) is 84.8 Å². The molecule has 3 aliphatic rings. The van der Waals surface area contributed by atoms with Crippen molar-refractivity contribution in [1.29, 1.82) is 0 Å². The van der Waals surface area contributed by atoms with Gasteiger partial charge in [-0.05, 0) is 85.1 Å². The molecule has 3 aromatic heterocycles. The number of benzene rings is 4. The molecule has 10 rings (SSSR count). The Morgan fingerprint density at radius 1 is 0.925 bits per heavy atom. The van der Waals surface area contributed by atoms with Gasteiger partial charge in [0.1, 0.15) is 53.5 Å². The van der Waals surface area contributed by atoms with Crippen molar-refractivity contribution in [3.63, 3.8) is 0 Å². The number of nitrogens with zero attached hydrogens (tertiary/aromatic N) is 6. The lowest BCUT2D eigenvalue weighted by atomic mass is 9.96. The number of hydrogen-bond donors (Lipinski definition) is 2. The summed E-state index contributed by atoms with van der Waals surface area (Å²) in [5.74, 6) is -0.660. The lowest BCUT2D eigenvalue weighted by molar-refractivity contribution is -0.145. The van der Waals surface area contributed by atoms with Crippen LogP contribution in [0.4, 0.5) is 4.39 Å². The first-order valence-corrected chi connectivity index (χ1v) is 23.0. The van der Waals surface area contributed by atoms with Gasteiger partial charge < -0.3 is 34.1 Å². The van der Waals surface area contributed by atoms with Crippen LogP contribution in [0.15, 0.2) is 97.5 Å². The summed E-state index contributed by atoms with van der Waals surface area (Å²) in [4.78, 5) is 48.5. The first-order chi connectivity index (χ1) is 32.4. The van der Waals surface area contributed by atoms with E-state index in [2.05, 4.69) is 31.8 Å². The molecule has 0 unspecified atom stereocenters. The van der Waals surface area contributed by atoms with Crippen LogP contribution in [-0.4, -0.2) is 110 Å². The Bertz CT molecular complexity index is 2930. The summed E-state index contributed by atoms with van der Waals surface area (Å²) in [5, 5.41) is 20.8. The molecule has 3 aliphatic heterocycles. The predicted molar refractivity (Wildman–Crippen MR) is 252 cm³/mol. The second kappa shape index (κ2) is 20.0. The highest BCUT2D eigenvalue weighted by Crippen LogP contribution is 2.49. The van der Waals surface area contributed by atoms with E-state index in [1.54, 1.807) is 42.6 Å². The fourth-order valence-corrected chi connectivity index (χ4v) is 9.55. The summed E-state index contributed by atoms with van der Waals surface area (Å²) in [6.45, 7) is 6.16. The molecule has 4 bridgehead atoms. The minimum absolute atomic E-state index is 0.0211. The maximum absolute atomic E-state index is 14.3. The third-order valence-electron chi connectivity index (χ3n) is 11.9. The van der Waals surface area contributed by atoms with Crippen molar-refractivity contribution in [3.8, 4) is 56.1 Å². The van der Waals surface area contributed by atoms with Gasteiger partial charge in [-0.1, -0.05) is 54.1 Å². The maximum atomic E-state index is 14.3. The zero-order valence-electron chi connectivity index (χ0n) is 36.7. The monoisotopic (exact) mass is 944 g/mol. The Balaban J connectivity index is 1.09. The highest BCUT2D eigenvalue weighted by atomic mass is 35.5. The van der Waals surface area contributed by atoms with Crippen molar-refractivity contribution in [2.24, 2.45) is 0 Å². The molecule has 2 atom stereocenters. The molecule has 0 aliphatic carbocycles. The third-order valence-corrected chi connectivity index (χ3v) is 13.5. The zero-order valence-corrected chi connectivity index (χ0v) is 38.2. The van der Waals surface area contributed by atoms with E-state index in [1.165, 1.54) is 29.8 Å². The fraction of sp³-hybridized carbons (Fsp3) is 0.280. The number of carbonyl (C=O) groups is 2. The van der Waals surface area contributed by atoms with Gasteiger partial charge in [0.15, 0.2) is 5.82 Å². The predicted octanol–water partition coefficient (Wildman–Crippen LogP) is 8.64. The fourth-order valence-electron chi connectivity index (χ4n) is 8.19. The van der Waals surface area contributed by atoms with Crippen molar-refractivity contribution in [2.75, 3.05) is 46.4 Å². The SMILES string of the molecule is Cc1c2ccc(c1Cl)O[C@H](CN1CCN(C)CC1)COc1ccc(OCc3ccnc(-c4ccc(CCC(=O)O)cc4)n3)c(c1)C[C@H](C(=O)O)Oc1ncnc3sc(-c4ccc(F)cc4)c-2c13. The van der Waals surface area contributed by atoms with Gasteiger partial charge in [0.25, 0.3) is 0 Å². The van der Waals surface area contributed by atoms with Crippen LogP contribution in [0.25, 0.3) is 43.2 Å². The Kier molecular flexibility index (Phi) is 13.6. The molecule has 1 saturated heterocycles. The molecule has 14 nitrogen and oxygen atoms in total. The maximum Gasteiger partial charge on any atom is 0.345 e.